The second kappa shape index (κ2) is 8.13. The summed E-state index contributed by atoms with van der Waals surface area (Å²) in [6.07, 6.45) is 3.72. The first-order valence-corrected chi connectivity index (χ1v) is 11.0. The van der Waals surface area contributed by atoms with E-state index in [-0.39, 0.29) is 5.91 Å². The van der Waals surface area contributed by atoms with Crippen molar-refractivity contribution in [1.82, 2.24) is 0 Å². The number of amides is 1. The number of nitrogens with one attached hydrogen (secondary N) is 1. The van der Waals surface area contributed by atoms with Gasteiger partial charge in [0.25, 0.3) is 0 Å². The Morgan fingerprint density at radius 2 is 1.61 bits per heavy atom. The van der Waals surface area contributed by atoms with Gasteiger partial charge in [0.05, 0.1) is 28.9 Å². The summed E-state index contributed by atoms with van der Waals surface area (Å²) in [5, 5.41) is 24.2. The van der Waals surface area contributed by atoms with Crippen LogP contribution in [0, 0.1) is 28.1 Å². The molecule has 0 unspecified atom stereocenters. The quantitative estimate of drug-likeness (QED) is 0.581. The maximum atomic E-state index is 13.9. The van der Waals surface area contributed by atoms with Crippen LogP contribution in [-0.2, 0) is 4.79 Å². The minimum atomic E-state index is -1.49. The maximum Gasteiger partial charge on any atom is 0.247 e. The normalized spacial score (nSPS) is 21.9. The van der Waals surface area contributed by atoms with Crippen LogP contribution in [0.25, 0.3) is 6.08 Å². The average Bonchev–Trinajstić information content (AvgIpc) is 3.16. The molecule has 0 radical (unpaired) electrons. The summed E-state index contributed by atoms with van der Waals surface area (Å²) in [5.74, 6) is -0.997. The van der Waals surface area contributed by atoms with E-state index in [1.165, 1.54) is 0 Å². The van der Waals surface area contributed by atoms with Gasteiger partial charge < -0.3 is 10.2 Å². The zero-order valence-electron chi connectivity index (χ0n) is 17.5. The lowest BCUT2D eigenvalue weighted by atomic mass is 9.70. The van der Waals surface area contributed by atoms with Crippen LogP contribution in [0.15, 0.2) is 84.9 Å². The lowest BCUT2D eigenvalue weighted by Crippen LogP contribution is -2.46. The molecule has 3 aromatic carbocycles. The lowest BCUT2D eigenvalue weighted by Gasteiger charge is -2.36. The largest absolute Gasteiger partial charge is 0.348 e. The fourth-order valence-electron chi connectivity index (χ4n) is 5.06. The van der Waals surface area contributed by atoms with Gasteiger partial charge in [-0.05, 0) is 29.3 Å². The number of benzene rings is 3. The molecule has 3 aromatic rings. The van der Waals surface area contributed by atoms with Crippen LogP contribution in [0.5, 0.6) is 0 Å². The number of nitriles is 2. The van der Waals surface area contributed by atoms with Crippen molar-refractivity contribution >= 4 is 35.0 Å². The third-order valence-corrected chi connectivity index (χ3v) is 6.75. The van der Waals surface area contributed by atoms with Gasteiger partial charge in [-0.3, -0.25) is 4.79 Å². The number of nitrogens with zero attached hydrogens (tertiary/aromatic N) is 3. The molecular formula is C27H19ClN4O. The lowest BCUT2D eigenvalue weighted by molar-refractivity contribution is -0.117. The van der Waals surface area contributed by atoms with E-state index in [0.717, 1.165) is 11.1 Å². The molecule has 0 saturated carbocycles. The van der Waals surface area contributed by atoms with Crippen LogP contribution in [0.2, 0.25) is 5.02 Å². The molecule has 33 heavy (non-hydrogen) atoms. The molecule has 2 heterocycles. The van der Waals surface area contributed by atoms with E-state index < -0.39 is 23.4 Å². The van der Waals surface area contributed by atoms with Crippen molar-refractivity contribution in [2.24, 2.45) is 5.41 Å². The fraction of sp³-hybridized carbons (Fsp3) is 0.148. The first-order valence-electron chi connectivity index (χ1n) is 10.6. The van der Waals surface area contributed by atoms with E-state index in [4.69, 9.17) is 11.6 Å². The van der Waals surface area contributed by atoms with Crippen molar-refractivity contribution in [1.29, 1.82) is 10.5 Å². The van der Waals surface area contributed by atoms with E-state index in [0.29, 0.717) is 16.4 Å². The molecule has 1 fully saturated rings. The number of halogens is 1. The first kappa shape index (κ1) is 20.8. The molecule has 5 nitrogen and oxygen atoms in total. The molecule has 0 bridgehead atoms. The van der Waals surface area contributed by atoms with Crippen molar-refractivity contribution in [3.8, 4) is 12.1 Å². The highest BCUT2D eigenvalue weighted by Gasteiger charge is 2.63. The van der Waals surface area contributed by atoms with E-state index >= 15 is 0 Å². The number of hydrogen-bond acceptors (Lipinski definition) is 4. The molecule has 1 amide bonds. The maximum absolute atomic E-state index is 13.9. The summed E-state index contributed by atoms with van der Waals surface area (Å²) in [5.41, 5.74) is 1.41. The third-order valence-electron chi connectivity index (χ3n) is 6.45. The average molecular weight is 451 g/mol. The fourth-order valence-corrected chi connectivity index (χ4v) is 5.34. The van der Waals surface area contributed by atoms with Gasteiger partial charge in [-0.25, -0.2) is 0 Å². The molecule has 6 heteroatoms. The van der Waals surface area contributed by atoms with Crippen LogP contribution in [0.4, 0.5) is 11.4 Å². The summed E-state index contributed by atoms with van der Waals surface area (Å²) < 4.78 is 0. The Kier molecular flexibility index (Phi) is 5.13. The predicted molar refractivity (Wildman–Crippen MR) is 128 cm³/mol. The van der Waals surface area contributed by atoms with Crippen LogP contribution in [0.3, 0.4) is 0 Å². The van der Waals surface area contributed by atoms with Gasteiger partial charge in [0.2, 0.25) is 5.91 Å². The summed E-state index contributed by atoms with van der Waals surface area (Å²) in [7, 11) is 0. The highest BCUT2D eigenvalue weighted by atomic mass is 35.5. The number of para-hydroxylation sites is 2. The van der Waals surface area contributed by atoms with Crippen LogP contribution in [-0.4, -0.2) is 18.0 Å². The zero-order chi connectivity index (χ0) is 23.0. The molecule has 160 valence electrons. The van der Waals surface area contributed by atoms with Gasteiger partial charge in [-0.15, -0.1) is 0 Å². The number of carbonyl (C=O) groups is 1. The van der Waals surface area contributed by atoms with E-state index in [2.05, 4.69) is 17.5 Å². The molecular weight excluding hydrogens is 432 g/mol. The summed E-state index contributed by atoms with van der Waals surface area (Å²) in [6, 6.07) is 27.1. The third kappa shape index (κ3) is 3.18. The van der Waals surface area contributed by atoms with Crippen LogP contribution < -0.4 is 10.2 Å². The molecule has 0 spiro atoms. The first-order chi connectivity index (χ1) is 16.1. The topological polar surface area (TPSA) is 79.9 Å². The number of carbonyl (C=O) groups excluding carboxylic acids is 1. The highest BCUT2D eigenvalue weighted by molar-refractivity contribution is 6.34. The summed E-state index contributed by atoms with van der Waals surface area (Å²) >= 11 is 6.64. The van der Waals surface area contributed by atoms with Gasteiger partial charge in [0.15, 0.2) is 5.41 Å². The van der Waals surface area contributed by atoms with Gasteiger partial charge in [-0.2, -0.15) is 10.5 Å². The highest BCUT2D eigenvalue weighted by Crippen LogP contribution is 2.56. The van der Waals surface area contributed by atoms with Gasteiger partial charge in [-0.1, -0.05) is 84.4 Å². The number of fused-ring (bicyclic) bond motifs is 3. The van der Waals surface area contributed by atoms with E-state index in [1.807, 2.05) is 77.7 Å². The predicted octanol–water partition coefficient (Wildman–Crippen LogP) is 5.38. The summed E-state index contributed by atoms with van der Waals surface area (Å²) in [6.45, 7) is 0. The Labute approximate surface area is 197 Å². The van der Waals surface area contributed by atoms with Crippen molar-refractivity contribution in [2.45, 2.75) is 18.0 Å². The number of rotatable bonds is 3. The van der Waals surface area contributed by atoms with Gasteiger partial charge >= 0.3 is 0 Å². The molecule has 0 aromatic heterocycles. The van der Waals surface area contributed by atoms with Gasteiger partial charge in [0.1, 0.15) is 6.04 Å². The summed E-state index contributed by atoms with van der Waals surface area (Å²) in [4.78, 5) is 15.7. The zero-order valence-corrected chi connectivity index (χ0v) is 18.3. The Hall–Kier alpha value is -4.06. The van der Waals surface area contributed by atoms with Crippen molar-refractivity contribution in [2.75, 3.05) is 10.2 Å². The smallest absolute Gasteiger partial charge is 0.247 e. The number of hydrogen-bond donors (Lipinski definition) is 1. The Balaban J connectivity index is 1.74. The molecule has 0 aliphatic carbocycles. The van der Waals surface area contributed by atoms with Crippen molar-refractivity contribution < 1.29 is 4.79 Å². The molecule has 1 N–H and O–H groups in total. The van der Waals surface area contributed by atoms with Crippen molar-refractivity contribution in [3.05, 3.63) is 101 Å². The molecule has 2 aliphatic rings. The molecule has 3 atom stereocenters. The second-order valence-corrected chi connectivity index (χ2v) is 8.58. The SMILES string of the molecule is N#CC1(C#N)[C@@H](c2ccccc2)[C@@H](C(=O)Nc2ccccc2)N2c3c(Cl)cccc3C=C[C@@H]21. The molecule has 5 rings (SSSR count). The van der Waals surface area contributed by atoms with E-state index in [1.54, 1.807) is 18.2 Å². The van der Waals surface area contributed by atoms with Gasteiger partial charge in [0, 0.05) is 11.6 Å². The molecule has 1 saturated heterocycles. The standard InChI is InChI=1S/C27H19ClN4O/c28-21-13-7-10-19-14-15-22-27(16-29,17-30)23(18-8-3-1-4-9-18)25(32(22)24(19)21)26(33)31-20-11-5-2-6-12-20/h1-15,22-23,25H,(H,31,33)/t22-,23+,25+/m1/s1. The Bertz CT molecular complexity index is 1310. The van der Waals surface area contributed by atoms with Crippen LogP contribution in [0.1, 0.15) is 17.0 Å². The monoisotopic (exact) mass is 450 g/mol. The van der Waals surface area contributed by atoms with Crippen molar-refractivity contribution in [3.63, 3.8) is 0 Å². The Morgan fingerprint density at radius 1 is 0.939 bits per heavy atom. The minimum Gasteiger partial charge on any atom is -0.348 e. The minimum absolute atomic E-state index is 0.298. The van der Waals surface area contributed by atoms with E-state index in [9.17, 15) is 15.3 Å². The molecule has 2 aliphatic heterocycles. The van der Waals surface area contributed by atoms with Crippen LogP contribution >= 0.6 is 11.6 Å². The Morgan fingerprint density at radius 3 is 2.27 bits per heavy atom. The number of anilines is 2. The second-order valence-electron chi connectivity index (χ2n) is 8.17.